The number of benzene rings is 1. The molecule has 0 saturated heterocycles. The molecule has 0 aliphatic heterocycles. The van der Waals surface area contributed by atoms with E-state index in [1.165, 1.54) is 12.2 Å². The summed E-state index contributed by atoms with van der Waals surface area (Å²) in [6.07, 6.45) is 6.15. The van der Waals surface area contributed by atoms with Gasteiger partial charge in [-0.05, 0) is 19.1 Å². The van der Waals surface area contributed by atoms with Crippen molar-refractivity contribution < 1.29 is 14.3 Å². The average molecular weight is 216 g/mol. The predicted molar refractivity (Wildman–Crippen MR) is 60.8 cm³/mol. The van der Waals surface area contributed by atoms with Gasteiger partial charge in [-0.2, -0.15) is 0 Å². The maximum Gasteiger partial charge on any atom is 0.346 e. The first-order valence-electron chi connectivity index (χ1n) is 4.84. The Hall–Kier alpha value is -2.16. The van der Waals surface area contributed by atoms with Gasteiger partial charge in [0.25, 0.3) is 0 Å². The van der Waals surface area contributed by atoms with Crippen LogP contribution >= 0.6 is 0 Å². The largest absolute Gasteiger partial charge is 0.386 e. The van der Waals surface area contributed by atoms with Gasteiger partial charge in [-0.1, -0.05) is 36.4 Å². The number of esters is 2. The van der Waals surface area contributed by atoms with Crippen molar-refractivity contribution in [3.05, 3.63) is 60.2 Å². The fourth-order valence-corrected chi connectivity index (χ4v) is 1.00. The van der Waals surface area contributed by atoms with Crippen LogP contribution in [0.15, 0.2) is 54.6 Å². The summed E-state index contributed by atoms with van der Waals surface area (Å²) in [6, 6.07) is 8.37. The smallest absolute Gasteiger partial charge is 0.346 e. The van der Waals surface area contributed by atoms with Crippen LogP contribution in [0.1, 0.15) is 17.3 Å². The Kier molecular flexibility index (Phi) is 4.73. The minimum atomic E-state index is -0.674. The molecule has 0 heterocycles. The quantitative estimate of drug-likeness (QED) is 0.337. The lowest BCUT2D eigenvalue weighted by molar-refractivity contribution is -0.132. The van der Waals surface area contributed by atoms with Gasteiger partial charge in [0.15, 0.2) is 0 Å². The van der Waals surface area contributed by atoms with Gasteiger partial charge in [0.05, 0.1) is 5.56 Å². The van der Waals surface area contributed by atoms with Crippen molar-refractivity contribution in [2.75, 3.05) is 0 Å². The van der Waals surface area contributed by atoms with E-state index in [1.807, 2.05) is 6.92 Å². The number of hydrogen-bond acceptors (Lipinski definition) is 3. The molecule has 0 aromatic heterocycles. The van der Waals surface area contributed by atoms with Crippen LogP contribution in [0.3, 0.4) is 0 Å². The van der Waals surface area contributed by atoms with Crippen LogP contribution in [-0.2, 0) is 9.53 Å². The van der Waals surface area contributed by atoms with Crippen LogP contribution in [-0.4, -0.2) is 11.9 Å². The van der Waals surface area contributed by atoms with Gasteiger partial charge in [0.1, 0.15) is 0 Å². The maximum atomic E-state index is 11.4. The van der Waals surface area contributed by atoms with Gasteiger partial charge >= 0.3 is 11.9 Å². The normalized spacial score (nSPS) is 10.8. The minimum Gasteiger partial charge on any atom is -0.386 e. The van der Waals surface area contributed by atoms with Crippen molar-refractivity contribution >= 4 is 11.9 Å². The van der Waals surface area contributed by atoms with Gasteiger partial charge in [-0.25, -0.2) is 9.59 Å². The number of carbonyl (C=O) groups is 2. The summed E-state index contributed by atoms with van der Waals surface area (Å²) in [5, 5.41) is 0. The van der Waals surface area contributed by atoms with Crippen molar-refractivity contribution in [1.82, 2.24) is 0 Å². The molecule has 0 saturated carbocycles. The molecule has 1 aromatic rings. The van der Waals surface area contributed by atoms with Crippen LogP contribution in [0.2, 0.25) is 0 Å². The molecule has 0 radical (unpaired) electrons. The number of hydrogen-bond donors (Lipinski definition) is 0. The second kappa shape index (κ2) is 6.35. The third-order valence-electron chi connectivity index (χ3n) is 1.74. The minimum absolute atomic E-state index is 0.357. The third-order valence-corrected chi connectivity index (χ3v) is 1.74. The Morgan fingerprint density at radius 1 is 1.12 bits per heavy atom. The van der Waals surface area contributed by atoms with Crippen LogP contribution < -0.4 is 0 Å². The fraction of sp³-hybridized carbons (Fsp3) is 0.0769. The first-order chi connectivity index (χ1) is 7.74. The lowest BCUT2D eigenvalue weighted by atomic mass is 10.2. The Balaban J connectivity index is 2.56. The van der Waals surface area contributed by atoms with Gasteiger partial charge in [0.2, 0.25) is 0 Å². The number of allylic oxidation sites excluding steroid dienone is 3. The van der Waals surface area contributed by atoms with Crippen molar-refractivity contribution in [1.29, 1.82) is 0 Å². The Bertz CT molecular complexity index is 416. The highest BCUT2D eigenvalue weighted by Gasteiger charge is 2.09. The average Bonchev–Trinajstić information content (AvgIpc) is 2.30. The molecule has 0 aliphatic rings. The van der Waals surface area contributed by atoms with Crippen LogP contribution in [0.4, 0.5) is 0 Å². The summed E-state index contributed by atoms with van der Waals surface area (Å²) in [5.41, 5.74) is 0.357. The molecule has 0 atom stereocenters. The first-order valence-corrected chi connectivity index (χ1v) is 4.84. The fourth-order valence-electron chi connectivity index (χ4n) is 1.00. The molecule has 1 rings (SSSR count). The standard InChI is InChI=1S/C13H12O3/c1-2-3-5-10-12(14)16-13(15)11-8-6-4-7-9-11/h2-10H,1H3/b3-2+,10-5+. The van der Waals surface area contributed by atoms with Crippen LogP contribution in [0.25, 0.3) is 0 Å². The van der Waals surface area contributed by atoms with E-state index in [-0.39, 0.29) is 0 Å². The number of carbonyl (C=O) groups excluding carboxylic acids is 2. The Labute approximate surface area is 94.0 Å². The molecule has 3 heteroatoms. The summed E-state index contributed by atoms with van der Waals surface area (Å²) in [6.45, 7) is 1.82. The SMILES string of the molecule is C/C=C/C=C/C(=O)OC(=O)c1ccccc1. The zero-order valence-corrected chi connectivity index (χ0v) is 8.92. The molecule has 82 valence electrons. The van der Waals surface area contributed by atoms with E-state index in [4.69, 9.17) is 0 Å². The van der Waals surface area contributed by atoms with Crippen molar-refractivity contribution in [2.24, 2.45) is 0 Å². The molecule has 0 aliphatic carbocycles. The van der Waals surface area contributed by atoms with E-state index >= 15 is 0 Å². The molecule has 0 fully saturated rings. The summed E-state index contributed by atoms with van der Waals surface area (Å²) >= 11 is 0. The molecule has 0 N–H and O–H groups in total. The topological polar surface area (TPSA) is 43.4 Å². The van der Waals surface area contributed by atoms with E-state index in [2.05, 4.69) is 4.74 Å². The molecule has 0 unspecified atom stereocenters. The molecule has 3 nitrogen and oxygen atoms in total. The van der Waals surface area contributed by atoms with E-state index in [0.29, 0.717) is 5.56 Å². The number of rotatable bonds is 3. The lowest BCUT2D eigenvalue weighted by Crippen LogP contribution is -2.09. The molecular weight excluding hydrogens is 204 g/mol. The van der Waals surface area contributed by atoms with E-state index in [0.717, 1.165) is 0 Å². The summed E-state index contributed by atoms with van der Waals surface area (Å²) in [7, 11) is 0. The predicted octanol–water partition coefficient (Wildman–Crippen LogP) is 2.50. The van der Waals surface area contributed by atoms with Crippen molar-refractivity contribution in [2.45, 2.75) is 6.92 Å². The molecule has 0 spiro atoms. The zero-order valence-electron chi connectivity index (χ0n) is 8.92. The third kappa shape index (κ3) is 3.92. The molecular formula is C13H12O3. The molecule has 0 amide bonds. The maximum absolute atomic E-state index is 11.4. The summed E-state index contributed by atoms with van der Waals surface area (Å²) in [4.78, 5) is 22.5. The van der Waals surface area contributed by atoms with Gasteiger partial charge in [0, 0.05) is 6.08 Å². The molecule has 0 bridgehead atoms. The Morgan fingerprint density at radius 3 is 2.44 bits per heavy atom. The Morgan fingerprint density at radius 2 is 1.81 bits per heavy atom. The van der Waals surface area contributed by atoms with E-state index in [1.54, 1.807) is 42.5 Å². The molecule has 16 heavy (non-hydrogen) atoms. The highest BCUT2D eigenvalue weighted by Crippen LogP contribution is 2.01. The first kappa shape index (κ1) is 11.9. The highest BCUT2D eigenvalue weighted by atomic mass is 16.6. The van der Waals surface area contributed by atoms with E-state index in [9.17, 15) is 9.59 Å². The number of ether oxygens (including phenoxy) is 1. The van der Waals surface area contributed by atoms with E-state index < -0.39 is 11.9 Å². The van der Waals surface area contributed by atoms with Gasteiger partial charge in [-0.3, -0.25) is 0 Å². The zero-order chi connectivity index (χ0) is 11.8. The van der Waals surface area contributed by atoms with Crippen molar-refractivity contribution in [3.63, 3.8) is 0 Å². The van der Waals surface area contributed by atoms with Gasteiger partial charge in [-0.15, -0.1) is 0 Å². The second-order valence-electron chi connectivity index (χ2n) is 2.96. The van der Waals surface area contributed by atoms with Crippen molar-refractivity contribution in [3.8, 4) is 0 Å². The summed E-state index contributed by atoms with van der Waals surface area (Å²) in [5.74, 6) is -1.32. The summed E-state index contributed by atoms with van der Waals surface area (Å²) < 4.78 is 4.58. The van der Waals surface area contributed by atoms with Gasteiger partial charge < -0.3 is 4.74 Å². The monoisotopic (exact) mass is 216 g/mol. The van der Waals surface area contributed by atoms with Crippen LogP contribution in [0.5, 0.6) is 0 Å². The highest BCUT2D eigenvalue weighted by molar-refractivity contribution is 5.99. The molecule has 1 aromatic carbocycles. The second-order valence-corrected chi connectivity index (χ2v) is 2.96. The van der Waals surface area contributed by atoms with Crippen LogP contribution in [0, 0.1) is 0 Å². The lowest BCUT2D eigenvalue weighted by Gasteiger charge is -1.98.